The van der Waals surface area contributed by atoms with Crippen molar-refractivity contribution in [3.8, 4) is 5.75 Å². The van der Waals surface area contributed by atoms with Crippen LogP contribution < -0.4 is 10.1 Å². The van der Waals surface area contributed by atoms with Crippen molar-refractivity contribution in [3.63, 3.8) is 0 Å². The Balaban J connectivity index is 1.85. The van der Waals surface area contributed by atoms with Gasteiger partial charge in [-0.25, -0.2) is 9.78 Å². The number of rotatable bonds is 5. The number of anilines is 1. The third kappa shape index (κ3) is 4.04. The maximum atomic E-state index is 11.6. The van der Waals surface area contributed by atoms with Gasteiger partial charge in [-0.05, 0) is 28.1 Å². The van der Waals surface area contributed by atoms with Crippen LogP contribution in [0.15, 0.2) is 34.2 Å². The van der Waals surface area contributed by atoms with Gasteiger partial charge in [0, 0.05) is 22.1 Å². The monoisotopic (exact) mass is 356 g/mol. The van der Waals surface area contributed by atoms with Crippen LogP contribution >= 0.6 is 27.3 Å². The summed E-state index contributed by atoms with van der Waals surface area (Å²) in [5, 5.41) is 12.9. The first kappa shape index (κ1) is 14.5. The number of aromatic carboxylic acids is 1. The van der Waals surface area contributed by atoms with Crippen LogP contribution in [-0.4, -0.2) is 28.6 Å². The van der Waals surface area contributed by atoms with Gasteiger partial charge in [-0.2, -0.15) is 0 Å². The Morgan fingerprint density at radius 3 is 2.85 bits per heavy atom. The molecule has 2 aromatic heterocycles. The van der Waals surface area contributed by atoms with Gasteiger partial charge in [-0.3, -0.25) is 4.79 Å². The zero-order chi connectivity index (χ0) is 14.5. The number of carboxylic acids is 1. The van der Waals surface area contributed by atoms with E-state index in [1.807, 2.05) is 0 Å². The minimum atomic E-state index is -1.02. The molecule has 0 saturated carbocycles. The fourth-order valence-electron chi connectivity index (χ4n) is 1.28. The number of carboxylic acid groups (broad SMARTS) is 1. The number of hydrogen-bond donors (Lipinski definition) is 2. The molecule has 0 unspecified atom stereocenters. The molecule has 2 aromatic rings. The maximum Gasteiger partial charge on any atom is 0.346 e. The predicted molar refractivity (Wildman–Crippen MR) is 77.3 cm³/mol. The van der Waals surface area contributed by atoms with Crippen molar-refractivity contribution < 1.29 is 19.4 Å². The summed E-state index contributed by atoms with van der Waals surface area (Å²) in [4.78, 5) is 26.4. The summed E-state index contributed by atoms with van der Waals surface area (Å²) in [5.74, 6) is -0.624. The van der Waals surface area contributed by atoms with Gasteiger partial charge in [0.25, 0.3) is 5.91 Å². The number of nitrogens with zero attached hydrogens (tertiary/aromatic N) is 1. The average Bonchev–Trinajstić information content (AvgIpc) is 2.88. The molecule has 1 amide bonds. The molecule has 0 aliphatic carbocycles. The molecule has 8 heteroatoms. The molecular formula is C12H9BrN2O4S. The van der Waals surface area contributed by atoms with Crippen molar-refractivity contribution in [2.24, 2.45) is 0 Å². The SMILES string of the molecule is O=C(COc1csc(C(=O)O)c1)Nc1ccc(Br)cn1. The lowest BCUT2D eigenvalue weighted by Crippen LogP contribution is -2.20. The molecular weight excluding hydrogens is 348 g/mol. The van der Waals surface area contributed by atoms with E-state index in [1.54, 1.807) is 18.3 Å². The number of aromatic nitrogens is 1. The lowest BCUT2D eigenvalue weighted by Gasteiger charge is -2.05. The van der Waals surface area contributed by atoms with Crippen LogP contribution in [0.25, 0.3) is 0 Å². The zero-order valence-electron chi connectivity index (χ0n) is 10.00. The second-order valence-electron chi connectivity index (χ2n) is 3.65. The molecule has 0 atom stereocenters. The first-order valence-corrected chi connectivity index (χ1v) is 7.08. The third-order valence-electron chi connectivity index (χ3n) is 2.15. The maximum absolute atomic E-state index is 11.6. The number of carbonyl (C=O) groups excluding carboxylic acids is 1. The topological polar surface area (TPSA) is 88.5 Å². The smallest absolute Gasteiger partial charge is 0.346 e. The highest BCUT2D eigenvalue weighted by Crippen LogP contribution is 2.21. The van der Waals surface area contributed by atoms with Gasteiger partial charge in [-0.1, -0.05) is 0 Å². The Morgan fingerprint density at radius 2 is 2.25 bits per heavy atom. The summed E-state index contributed by atoms with van der Waals surface area (Å²) in [6.07, 6.45) is 1.56. The van der Waals surface area contributed by atoms with E-state index >= 15 is 0 Å². The van der Waals surface area contributed by atoms with E-state index in [9.17, 15) is 9.59 Å². The van der Waals surface area contributed by atoms with Gasteiger partial charge in [0.15, 0.2) is 6.61 Å². The zero-order valence-corrected chi connectivity index (χ0v) is 12.4. The van der Waals surface area contributed by atoms with Crippen LogP contribution in [0.2, 0.25) is 0 Å². The van der Waals surface area contributed by atoms with Crippen LogP contribution in [0.4, 0.5) is 5.82 Å². The fourth-order valence-corrected chi connectivity index (χ4v) is 2.18. The number of halogens is 1. The van der Waals surface area contributed by atoms with Crippen molar-refractivity contribution in [1.29, 1.82) is 0 Å². The second kappa shape index (κ2) is 6.49. The van der Waals surface area contributed by atoms with E-state index in [0.29, 0.717) is 11.6 Å². The minimum Gasteiger partial charge on any atom is -0.483 e. The third-order valence-corrected chi connectivity index (χ3v) is 3.52. The van der Waals surface area contributed by atoms with E-state index in [4.69, 9.17) is 9.84 Å². The van der Waals surface area contributed by atoms with Crippen molar-refractivity contribution in [1.82, 2.24) is 4.98 Å². The number of nitrogens with one attached hydrogen (secondary N) is 1. The molecule has 2 N–H and O–H groups in total. The van der Waals surface area contributed by atoms with E-state index in [-0.39, 0.29) is 17.4 Å². The Kier molecular flexibility index (Phi) is 4.70. The molecule has 0 spiro atoms. The fraction of sp³-hybridized carbons (Fsp3) is 0.0833. The Morgan fingerprint density at radius 1 is 1.45 bits per heavy atom. The molecule has 0 aromatic carbocycles. The van der Waals surface area contributed by atoms with Gasteiger partial charge >= 0.3 is 5.97 Å². The van der Waals surface area contributed by atoms with Gasteiger partial charge in [0.1, 0.15) is 16.4 Å². The van der Waals surface area contributed by atoms with E-state index < -0.39 is 5.97 Å². The molecule has 0 radical (unpaired) electrons. The molecule has 2 heterocycles. The van der Waals surface area contributed by atoms with Crippen LogP contribution in [-0.2, 0) is 4.79 Å². The first-order chi connectivity index (χ1) is 9.54. The van der Waals surface area contributed by atoms with Crippen molar-refractivity contribution in [3.05, 3.63) is 39.1 Å². The van der Waals surface area contributed by atoms with Crippen LogP contribution in [0.1, 0.15) is 9.67 Å². The summed E-state index contributed by atoms with van der Waals surface area (Å²) in [6, 6.07) is 4.77. The van der Waals surface area contributed by atoms with Gasteiger partial charge < -0.3 is 15.2 Å². The quantitative estimate of drug-likeness (QED) is 0.859. The molecule has 0 aliphatic heterocycles. The molecule has 0 fully saturated rings. The van der Waals surface area contributed by atoms with E-state index in [1.165, 1.54) is 11.4 Å². The standard InChI is InChI=1S/C12H9BrN2O4S/c13-7-1-2-10(14-4-7)15-11(16)5-19-8-3-9(12(17)18)20-6-8/h1-4,6H,5H2,(H,17,18)(H,14,15,16). The summed E-state index contributed by atoms with van der Waals surface area (Å²) >= 11 is 4.28. The largest absolute Gasteiger partial charge is 0.483 e. The first-order valence-electron chi connectivity index (χ1n) is 5.40. The molecule has 20 heavy (non-hydrogen) atoms. The molecule has 0 aliphatic rings. The Bertz CT molecular complexity index is 627. The molecule has 0 bridgehead atoms. The summed E-state index contributed by atoms with van der Waals surface area (Å²) in [7, 11) is 0. The summed E-state index contributed by atoms with van der Waals surface area (Å²) in [6.45, 7) is -0.215. The summed E-state index contributed by atoms with van der Waals surface area (Å²) < 4.78 is 6.00. The lowest BCUT2D eigenvalue weighted by molar-refractivity contribution is -0.118. The van der Waals surface area contributed by atoms with E-state index in [0.717, 1.165) is 15.8 Å². The molecule has 6 nitrogen and oxygen atoms in total. The van der Waals surface area contributed by atoms with Gasteiger partial charge in [0.2, 0.25) is 0 Å². The Hall–Kier alpha value is -1.93. The Labute approximate surface area is 126 Å². The van der Waals surface area contributed by atoms with Crippen LogP contribution in [0.5, 0.6) is 5.75 Å². The van der Waals surface area contributed by atoms with Crippen molar-refractivity contribution in [2.45, 2.75) is 0 Å². The molecule has 104 valence electrons. The summed E-state index contributed by atoms with van der Waals surface area (Å²) in [5.41, 5.74) is 0. The molecule has 0 saturated heterocycles. The normalized spacial score (nSPS) is 10.1. The van der Waals surface area contributed by atoms with Crippen molar-refractivity contribution >= 4 is 45.0 Å². The second-order valence-corrected chi connectivity index (χ2v) is 5.48. The lowest BCUT2D eigenvalue weighted by atomic mass is 10.4. The van der Waals surface area contributed by atoms with Gasteiger partial charge in [-0.15, -0.1) is 11.3 Å². The van der Waals surface area contributed by atoms with Crippen LogP contribution in [0, 0.1) is 0 Å². The highest BCUT2D eigenvalue weighted by Gasteiger charge is 2.09. The van der Waals surface area contributed by atoms with E-state index in [2.05, 4.69) is 26.2 Å². The number of carbonyl (C=O) groups is 2. The number of thiophene rings is 1. The number of amides is 1. The highest BCUT2D eigenvalue weighted by atomic mass is 79.9. The van der Waals surface area contributed by atoms with Crippen molar-refractivity contribution in [2.75, 3.05) is 11.9 Å². The highest BCUT2D eigenvalue weighted by molar-refractivity contribution is 9.10. The minimum absolute atomic E-state index is 0.162. The number of ether oxygens (including phenoxy) is 1. The predicted octanol–water partition coefficient (Wildman–Crippen LogP) is 2.62. The average molecular weight is 357 g/mol. The number of hydrogen-bond acceptors (Lipinski definition) is 5. The number of pyridine rings is 1. The van der Waals surface area contributed by atoms with Crippen LogP contribution in [0.3, 0.4) is 0 Å². The molecule has 2 rings (SSSR count). The van der Waals surface area contributed by atoms with Gasteiger partial charge in [0.05, 0.1) is 0 Å².